The van der Waals surface area contributed by atoms with Crippen molar-refractivity contribution in [3.05, 3.63) is 34.7 Å². The highest BCUT2D eigenvalue weighted by Crippen LogP contribution is 2.41. The van der Waals surface area contributed by atoms with Crippen molar-refractivity contribution in [1.29, 1.82) is 0 Å². The maximum atomic E-state index is 6.40. The van der Waals surface area contributed by atoms with Crippen molar-refractivity contribution in [2.45, 2.75) is 71.9 Å². The van der Waals surface area contributed by atoms with E-state index in [1.54, 1.807) is 5.57 Å². The second-order valence-electron chi connectivity index (χ2n) is 7.50. The number of aryl methyl sites for hydroxylation is 1. The molecule has 0 saturated heterocycles. The number of nitrogens with zero attached hydrogens (tertiary/aromatic N) is 1. The van der Waals surface area contributed by atoms with Crippen molar-refractivity contribution in [2.24, 2.45) is 11.1 Å². The van der Waals surface area contributed by atoms with Crippen LogP contribution in [0, 0.1) is 12.3 Å². The van der Waals surface area contributed by atoms with Crippen molar-refractivity contribution in [3.8, 4) is 0 Å². The van der Waals surface area contributed by atoms with Crippen molar-refractivity contribution in [2.75, 3.05) is 0 Å². The zero-order valence-electron chi connectivity index (χ0n) is 13.2. The second kappa shape index (κ2) is 5.07. The van der Waals surface area contributed by atoms with E-state index in [1.807, 2.05) is 0 Å². The van der Waals surface area contributed by atoms with Crippen LogP contribution in [0.3, 0.4) is 0 Å². The minimum Gasteiger partial charge on any atom is -0.348 e. The van der Waals surface area contributed by atoms with E-state index in [1.165, 1.54) is 49.1 Å². The highest BCUT2D eigenvalue weighted by Gasteiger charge is 2.33. The summed E-state index contributed by atoms with van der Waals surface area (Å²) < 4.78 is 2.54. The molecule has 0 fully saturated rings. The Kier molecular flexibility index (Phi) is 3.53. The Balaban J connectivity index is 1.84. The van der Waals surface area contributed by atoms with E-state index in [0.717, 1.165) is 13.0 Å². The number of allylic oxidation sites excluding steroid dienone is 2. The topological polar surface area (TPSA) is 30.9 Å². The first-order valence-electron chi connectivity index (χ1n) is 8.09. The molecule has 3 rings (SSSR count). The predicted octanol–water partition coefficient (Wildman–Crippen LogP) is 4.27. The van der Waals surface area contributed by atoms with Crippen LogP contribution < -0.4 is 5.73 Å². The molecule has 2 aliphatic carbocycles. The average Bonchev–Trinajstić information content (AvgIpc) is 2.94. The van der Waals surface area contributed by atoms with Gasteiger partial charge in [0, 0.05) is 24.0 Å². The molecule has 0 amide bonds. The molecule has 20 heavy (non-hydrogen) atoms. The summed E-state index contributed by atoms with van der Waals surface area (Å²) in [6.07, 6.45) is 9.90. The predicted molar refractivity (Wildman–Crippen MR) is 84.8 cm³/mol. The summed E-state index contributed by atoms with van der Waals surface area (Å²) >= 11 is 0. The highest BCUT2D eigenvalue weighted by atomic mass is 15.0. The fraction of sp³-hybridized carbons (Fsp3) is 0.667. The molecule has 0 radical (unpaired) electrons. The van der Waals surface area contributed by atoms with Crippen LogP contribution in [0.15, 0.2) is 17.7 Å². The zero-order chi connectivity index (χ0) is 14.3. The summed E-state index contributed by atoms with van der Waals surface area (Å²) in [5, 5.41) is 0. The van der Waals surface area contributed by atoms with E-state index >= 15 is 0 Å². The largest absolute Gasteiger partial charge is 0.348 e. The lowest BCUT2D eigenvalue weighted by atomic mass is 9.74. The van der Waals surface area contributed by atoms with Crippen LogP contribution in [0.4, 0.5) is 0 Å². The lowest BCUT2D eigenvalue weighted by Gasteiger charge is -2.34. The first-order valence-corrected chi connectivity index (χ1v) is 8.09. The molecule has 0 saturated carbocycles. The van der Waals surface area contributed by atoms with E-state index in [-0.39, 0.29) is 6.04 Å². The summed E-state index contributed by atoms with van der Waals surface area (Å²) in [7, 11) is 0. The lowest BCUT2D eigenvalue weighted by molar-refractivity contribution is 0.275. The number of hydrogen-bond acceptors (Lipinski definition) is 1. The summed E-state index contributed by atoms with van der Waals surface area (Å²) in [5.74, 6) is 0. The average molecular weight is 272 g/mol. The van der Waals surface area contributed by atoms with Gasteiger partial charge < -0.3 is 10.3 Å². The van der Waals surface area contributed by atoms with E-state index in [2.05, 4.69) is 37.5 Å². The SMILES string of the molecule is Cc1cc2c(n1CCC1=CCCC1)CC(C)(C)CC2N. The van der Waals surface area contributed by atoms with Gasteiger partial charge in [-0.05, 0) is 62.5 Å². The summed E-state index contributed by atoms with van der Waals surface area (Å²) in [4.78, 5) is 0. The van der Waals surface area contributed by atoms with Crippen molar-refractivity contribution in [3.63, 3.8) is 0 Å². The van der Waals surface area contributed by atoms with Gasteiger partial charge in [0.05, 0.1) is 0 Å². The minimum atomic E-state index is 0.222. The second-order valence-corrected chi connectivity index (χ2v) is 7.50. The number of aromatic nitrogens is 1. The molecular formula is C18H28N2. The number of hydrogen-bond donors (Lipinski definition) is 1. The van der Waals surface area contributed by atoms with Crippen LogP contribution in [0.5, 0.6) is 0 Å². The molecule has 2 nitrogen and oxygen atoms in total. The molecule has 0 aliphatic heterocycles. The fourth-order valence-electron chi connectivity index (χ4n) is 4.04. The molecule has 0 spiro atoms. The van der Waals surface area contributed by atoms with Gasteiger partial charge in [-0.1, -0.05) is 25.5 Å². The fourth-order valence-corrected chi connectivity index (χ4v) is 4.04. The maximum Gasteiger partial charge on any atom is 0.0318 e. The molecular weight excluding hydrogens is 244 g/mol. The van der Waals surface area contributed by atoms with E-state index in [4.69, 9.17) is 5.73 Å². The molecule has 2 aliphatic rings. The van der Waals surface area contributed by atoms with Crippen LogP contribution in [0.1, 0.15) is 68.9 Å². The standard InChI is InChI=1S/C18H28N2/c1-13-10-15-16(19)11-18(2,3)12-17(15)20(13)9-8-14-6-4-5-7-14/h6,10,16H,4-5,7-9,11-12,19H2,1-3H3. The van der Waals surface area contributed by atoms with Crippen LogP contribution in [0.25, 0.3) is 0 Å². The molecule has 1 atom stereocenters. The molecule has 2 N–H and O–H groups in total. The molecule has 1 heterocycles. The zero-order valence-corrected chi connectivity index (χ0v) is 13.2. The first-order chi connectivity index (χ1) is 9.46. The van der Waals surface area contributed by atoms with E-state index in [9.17, 15) is 0 Å². The molecule has 0 bridgehead atoms. The van der Waals surface area contributed by atoms with Gasteiger partial charge >= 0.3 is 0 Å². The molecule has 1 unspecified atom stereocenters. The molecule has 0 aromatic carbocycles. The monoisotopic (exact) mass is 272 g/mol. The number of nitrogens with two attached hydrogens (primary N) is 1. The maximum absolute atomic E-state index is 6.40. The highest BCUT2D eigenvalue weighted by molar-refractivity contribution is 5.34. The third kappa shape index (κ3) is 2.58. The third-order valence-corrected chi connectivity index (χ3v) is 5.06. The Morgan fingerprint density at radius 2 is 2.20 bits per heavy atom. The Labute approximate surface area is 123 Å². The van der Waals surface area contributed by atoms with Gasteiger partial charge in [-0.15, -0.1) is 0 Å². The molecule has 110 valence electrons. The van der Waals surface area contributed by atoms with Gasteiger partial charge in [0.2, 0.25) is 0 Å². The van der Waals surface area contributed by atoms with Crippen molar-refractivity contribution < 1.29 is 0 Å². The van der Waals surface area contributed by atoms with Crippen LogP contribution in [-0.4, -0.2) is 4.57 Å². The van der Waals surface area contributed by atoms with Gasteiger partial charge in [0.25, 0.3) is 0 Å². The van der Waals surface area contributed by atoms with Crippen LogP contribution in [-0.2, 0) is 13.0 Å². The smallest absolute Gasteiger partial charge is 0.0318 e. The Hall–Kier alpha value is -1.02. The third-order valence-electron chi connectivity index (χ3n) is 5.06. The normalized spacial score (nSPS) is 24.6. The van der Waals surface area contributed by atoms with E-state index < -0.39 is 0 Å². The van der Waals surface area contributed by atoms with Gasteiger partial charge in [-0.2, -0.15) is 0 Å². The van der Waals surface area contributed by atoms with Crippen molar-refractivity contribution >= 4 is 0 Å². The van der Waals surface area contributed by atoms with Gasteiger partial charge in [-0.25, -0.2) is 0 Å². The molecule has 1 aromatic rings. The number of fused-ring (bicyclic) bond motifs is 1. The van der Waals surface area contributed by atoms with Gasteiger partial charge in [0.1, 0.15) is 0 Å². The van der Waals surface area contributed by atoms with Crippen molar-refractivity contribution in [1.82, 2.24) is 4.57 Å². The number of rotatable bonds is 3. The summed E-state index contributed by atoms with van der Waals surface area (Å²) in [5.41, 5.74) is 12.7. The van der Waals surface area contributed by atoms with Gasteiger partial charge in [-0.3, -0.25) is 0 Å². The summed E-state index contributed by atoms with van der Waals surface area (Å²) in [6.45, 7) is 8.07. The van der Waals surface area contributed by atoms with E-state index in [0.29, 0.717) is 5.41 Å². The molecule has 1 aromatic heterocycles. The first kappa shape index (κ1) is 13.9. The Morgan fingerprint density at radius 3 is 2.90 bits per heavy atom. The lowest BCUT2D eigenvalue weighted by Crippen LogP contribution is -2.30. The Bertz CT molecular complexity index is 534. The quantitative estimate of drug-likeness (QED) is 0.819. The van der Waals surface area contributed by atoms with Crippen LogP contribution >= 0.6 is 0 Å². The van der Waals surface area contributed by atoms with Gasteiger partial charge in [0.15, 0.2) is 0 Å². The molecule has 2 heteroatoms. The minimum absolute atomic E-state index is 0.222. The summed E-state index contributed by atoms with van der Waals surface area (Å²) in [6, 6.07) is 2.55. The Morgan fingerprint density at radius 1 is 1.40 bits per heavy atom. The van der Waals surface area contributed by atoms with Crippen LogP contribution in [0.2, 0.25) is 0 Å².